The molecule has 0 spiro atoms. The molecule has 2 aromatic rings. The summed E-state index contributed by atoms with van der Waals surface area (Å²) in [4.78, 5) is 4.48. The van der Waals surface area contributed by atoms with E-state index in [1.165, 1.54) is 6.42 Å². The zero-order chi connectivity index (χ0) is 14.5. The van der Waals surface area contributed by atoms with Crippen molar-refractivity contribution in [3.8, 4) is 5.75 Å². The molecule has 1 aliphatic heterocycles. The molecular weight excluding hydrogens is 266 g/mol. The van der Waals surface area contributed by atoms with Crippen LogP contribution in [-0.2, 0) is 12.8 Å². The molecule has 0 saturated carbocycles. The molecule has 21 heavy (non-hydrogen) atoms. The second kappa shape index (κ2) is 6.72. The quantitative estimate of drug-likeness (QED) is 0.882. The number of rotatable bonds is 6. The summed E-state index contributed by atoms with van der Waals surface area (Å²) in [5.74, 6) is 3.09. The Kier molecular flexibility index (Phi) is 4.50. The second-order valence-electron chi connectivity index (χ2n) is 5.53. The number of methoxy groups -OCH3 is 1. The first-order valence-electron chi connectivity index (χ1n) is 7.48. The van der Waals surface area contributed by atoms with Gasteiger partial charge in [-0.25, -0.2) is 0 Å². The van der Waals surface area contributed by atoms with E-state index < -0.39 is 0 Å². The minimum absolute atomic E-state index is 0.672. The molecular formula is C16H21N3O2. The molecule has 1 N–H and O–H groups in total. The molecule has 3 rings (SSSR count). The Hall–Kier alpha value is -1.88. The zero-order valence-electron chi connectivity index (χ0n) is 12.3. The highest BCUT2D eigenvalue weighted by atomic mass is 16.5. The van der Waals surface area contributed by atoms with Crippen LogP contribution < -0.4 is 10.1 Å². The van der Waals surface area contributed by atoms with Crippen molar-refractivity contribution in [1.29, 1.82) is 0 Å². The lowest BCUT2D eigenvalue weighted by atomic mass is 10.0. The van der Waals surface area contributed by atoms with Gasteiger partial charge in [-0.3, -0.25) is 0 Å². The number of nitrogens with zero attached hydrogens (tertiary/aromatic N) is 2. The summed E-state index contributed by atoms with van der Waals surface area (Å²) < 4.78 is 10.6. The highest BCUT2D eigenvalue weighted by molar-refractivity contribution is 5.30. The average molecular weight is 287 g/mol. The van der Waals surface area contributed by atoms with Crippen molar-refractivity contribution in [3.05, 3.63) is 41.5 Å². The molecule has 1 aromatic heterocycles. The van der Waals surface area contributed by atoms with E-state index in [1.54, 1.807) is 7.11 Å². The summed E-state index contributed by atoms with van der Waals surface area (Å²) in [5.41, 5.74) is 1.13. The Labute approximate surface area is 124 Å². The van der Waals surface area contributed by atoms with Crippen LogP contribution >= 0.6 is 0 Å². The predicted octanol–water partition coefficient (Wildman–Crippen LogP) is 2.21. The van der Waals surface area contributed by atoms with E-state index in [4.69, 9.17) is 9.26 Å². The second-order valence-corrected chi connectivity index (χ2v) is 5.53. The van der Waals surface area contributed by atoms with Crippen LogP contribution in [-0.4, -0.2) is 30.3 Å². The van der Waals surface area contributed by atoms with Crippen molar-refractivity contribution in [2.75, 3.05) is 20.2 Å². The van der Waals surface area contributed by atoms with Crippen LogP contribution in [0.3, 0.4) is 0 Å². The van der Waals surface area contributed by atoms with E-state index in [0.717, 1.165) is 54.9 Å². The van der Waals surface area contributed by atoms with Crippen LogP contribution in [0, 0.1) is 5.92 Å². The fraction of sp³-hybridized carbons (Fsp3) is 0.500. The highest BCUT2D eigenvalue weighted by Gasteiger charge is 2.16. The van der Waals surface area contributed by atoms with Crippen LogP contribution in [0.2, 0.25) is 0 Å². The van der Waals surface area contributed by atoms with Gasteiger partial charge in [-0.2, -0.15) is 4.98 Å². The fourth-order valence-corrected chi connectivity index (χ4v) is 2.72. The van der Waals surface area contributed by atoms with Gasteiger partial charge in [0.05, 0.1) is 7.11 Å². The highest BCUT2D eigenvalue weighted by Crippen LogP contribution is 2.17. The number of hydrogen-bond acceptors (Lipinski definition) is 5. The van der Waals surface area contributed by atoms with Gasteiger partial charge >= 0.3 is 0 Å². The van der Waals surface area contributed by atoms with Crippen LogP contribution in [0.1, 0.15) is 30.1 Å². The van der Waals surface area contributed by atoms with Crippen molar-refractivity contribution in [2.24, 2.45) is 5.92 Å². The Morgan fingerprint density at radius 3 is 3.19 bits per heavy atom. The van der Waals surface area contributed by atoms with Gasteiger partial charge in [-0.05, 0) is 49.5 Å². The lowest BCUT2D eigenvalue weighted by molar-refractivity contribution is 0.361. The van der Waals surface area contributed by atoms with Crippen molar-refractivity contribution in [2.45, 2.75) is 25.7 Å². The van der Waals surface area contributed by atoms with Gasteiger partial charge in [-0.1, -0.05) is 17.3 Å². The third-order valence-electron chi connectivity index (χ3n) is 3.94. The summed E-state index contributed by atoms with van der Waals surface area (Å²) in [6.45, 7) is 2.25. The zero-order valence-corrected chi connectivity index (χ0v) is 12.3. The molecule has 0 radical (unpaired) electrons. The maximum absolute atomic E-state index is 5.34. The summed E-state index contributed by atoms with van der Waals surface area (Å²) >= 11 is 0. The van der Waals surface area contributed by atoms with Crippen LogP contribution in [0.15, 0.2) is 28.8 Å². The van der Waals surface area contributed by atoms with Gasteiger partial charge in [0.25, 0.3) is 0 Å². The van der Waals surface area contributed by atoms with Gasteiger partial charge < -0.3 is 14.6 Å². The number of hydrogen-bond donors (Lipinski definition) is 1. The molecule has 5 heteroatoms. The van der Waals surface area contributed by atoms with Gasteiger partial charge in [0.1, 0.15) is 5.75 Å². The third kappa shape index (κ3) is 3.82. The first-order chi connectivity index (χ1) is 10.3. The summed E-state index contributed by atoms with van der Waals surface area (Å²) in [7, 11) is 1.67. The smallest absolute Gasteiger partial charge is 0.226 e. The van der Waals surface area contributed by atoms with E-state index in [1.807, 2.05) is 24.3 Å². The molecule has 2 heterocycles. The Bertz CT molecular complexity index is 576. The third-order valence-corrected chi connectivity index (χ3v) is 3.94. The molecule has 1 aliphatic rings. The van der Waals surface area contributed by atoms with Gasteiger partial charge in [0, 0.05) is 12.8 Å². The van der Waals surface area contributed by atoms with Crippen LogP contribution in [0.5, 0.6) is 5.75 Å². The van der Waals surface area contributed by atoms with Crippen molar-refractivity contribution >= 4 is 0 Å². The molecule has 0 amide bonds. The van der Waals surface area contributed by atoms with Crippen molar-refractivity contribution in [3.63, 3.8) is 0 Å². The molecule has 0 bridgehead atoms. The number of nitrogens with one attached hydrogen (secondary N) is 1. The largest absolute Gasteiger partial charge is 0.497 e. The average Bonchev–Trinajstić information content (AvgIpc) is 3.17. The monoisotopic (exact) mass is 287 g/mol. The maximum atomic E-state index is 5.34. The lowest BCUT2D eigenvalue weighted by Crippen LogP contribution is -2.09. The van der Waals surface area contributed by atoms with Crippen LogP contribution in [0.25, 0.3) is 0 Å². The van der Waals surface area contributed by atoms with Gasteiger partial charge in [0.2, 0.25) is 5.89 Å². The lowest BCUT2D eigenvalue weighted by Gasteiger charge is -2.04. The summed E-state index contributed by atoms with van der Waals surface area (Å²) in [6.07, 6.45) is 3.92. The molecule has 0 aliphatic carbocycles. The SMILES string of the molecule is COc1cccc(Cc2noc(CCC3CCNC3)n2)c1. The Morgan fingerprint density at radius 2 is 2.38 bits per heavy atom. The molecule has 1 fully saturated rings. The molecule has 112 valence electrons. The van der Waals surface area contributed by atoms with Gasteiger partial charge in [-0.15, -0.1) is 0 Å². The molecule has 1 unspecified atom stereocenters. The van der Waals surface area contributed by atoms with E-state index in [2.05, 4.69) is 15.5 Å². The van der Waals surface area contributed by atoms with E-state index in [0.29, 0.717) is 6.42 Å². The van der Waals surface area contributed by atoms with Crippen molar-refractivity contribution in [1.82, 2.24) is 15.5 Å². The number of ether oxygens (including phenoxy) is 1. The summed E-state index contributed by atoms with van der Waals surface area (Å²) in [5, 5.41) is 7.45. The first kappa shape index (κ1) is 14.1. The van der Waals surface area contributed by atoms with E-state index >= 15 is 0 Å². The minimum atomic E-state index is 0.672. The topological polar surface area (TPSA) is 60.2 Å². The Morgan fingerprint density at radius 1 is 1.43 bits per heavy atom. The van der Waals surface area contributed by atoms with Gasteiger partial charge in [0.15, 0.2) is 5.82 Å². The Balaban J connectivity index is 1.56. The predicted molar refractivity (Wildman–Crippen MR) is 79.4 cm³/mol. The normalized spacial score (nSPS) is 18.0. The molecule has 1 saturated heterocycles. The van der Waals surface area contributed by atoms with E-state index in [9.17, 15) is 0 Å². The molecule has 1 atom stereocenters. The van der Waals surface area contributed by atoms with Crippen LogP contribution in [0.4, 0.5) is 0 Å². The standard InChI is InChI=1S/C16H21N3O2/c1-20-14-4-2-3-13(9-14)10-15-18-16(21-19-15)6-5-12-7-8-17-11-12/h2-4,9,12,17H,5-8,10-11H2,1H3. The summed E-state index contributed by atoms with van der Waals surface area (Å²) in [6, 6.07) is 7.95. The van der Waals surface area contributed by atoms with Crippen molar-refractivity contribution < 1.29 is 9.26 Å². The minimum Gasteiger partial charge on any atom is -0.497 e. The number of benzene rings is 1. The first-order valence-corrected chi connectivity index (χ1v) is 7.48. The number of aromatic nitrogens is 2. The maximum Gasteiger partial charge on any atom is 0.226 e. The molecule has 5 nitrogen and oxygen atoms in total. The molecule has 1 aromatic carbocycles. The fourth-order valence-electron chi connectivity index (χ4n) is 2.72. The number of aryl methyl sites for hydroxylation is 1. The van der Waals surface area contributed by atoms with E-state index in [-0.39, 0.29) is 0 Å².